The summed E-state index contributed by atoms with van der Waals surface area (Å²) in [5, 5.41) is 18.7. The summed E-state index contributed by atoms with van der Waals surface area (Å²) in [6.07, 6.45) is 3.68. The Labute approximate surface area is 153 Å². The SMILES string of the molecule is CC1CCN(C(=O)C23CCC(c4nc(C#N)c(C#N)nc42)C3(C)C)CC1. The van der Waals surface area contributed by atoms with Crippen molar-refractivity contribution in [2.45, 2.75) is 57.8 Å². The molecule has 1 saturated heterocycles. The maximum absolute atomic E-state index is 13.7. The van der Waals surface area contributed by atoms with Gasteiger partial charge in [0.25, 0.3) is 0 Å². The predicted octanol–water partition coefficient (Wildman–Crippen LogP) is 2.63. The van der Waals surface area contributed by atoms with Gasteiger partial charge in [0.15, 0.2) is 11.4 Å². The second-order valence-electron chi connectivity index (χ2n) is 8.57. The van der Waals surface area contributed by atoms with E-state index in [9.17, 15) is 15.3 Å². The number of amides is 1. The quantitative estimate of drug-likeness (QED) is 0.777. The summed E-state index contributed by atoms with van der Waals surface area (Å²) in [6, 6.07) is 3.97. The Morgan fingerprint density at radius 3 is 2.35 bits per heavy atom. The van der Waals surface area contributed by atoms with E-state index in [-0.39, 0.29) is 28.6 Å². The van der Waals surface area contributed by atoms with Crippen molar-refractivity contribution in [1.82, 2.24) is 14.9 Å². The molecule has 0 spiro atoms. The predicted molar refractivity (Wildman–Crippen MR) is 93.9 cm³/mol. The minimum absolute atomic E-state index is 0.0361. The van der Waals surface area contributed by atoms with Crippen molar-refractivity contribution in [2.24, 2.45) is 11.3 Å². The van der Waals surface area contributed by atoms with Gasteiger partial charge >= 0.3 is 0 Å². The van der Waals surface area contributed by atoms with Gasteiger partial charge in [-0.3, -0.25) is 4.79 Å². The van der Waals surface area contributed by atoms with Crippen LogP contribution in [0.1, 0.15) is 75.1 Å². The van der Waals surface area contributed by atoms with Gasteiger partial charge < -0.3 is 4.90 Å². The highest BCUT2D eigenvalue weighted by molar-refractivity contribution is 5.91. The van der Waals surface area contributed by atoms with Gasteiger partial charge in [-0.15, -0.1) is 0 Å². The van der Waals surface area contributed by atoms with Crippen LogP contribution in [0, 0.1) is 34.0 Å². The lowest BCUT2D eigenvalue weighted by Crippen LogP contribution is -2.53. The lowest BCUT2D eigenvalue weighted by atomic mass is 9.67. The highest BCUT2D eigenvalue weighted by Crippen LogP contribution is 2.67. The zero-order valence-corrected chi connectivity index (χ0v) is 15.5. The number of carbonyl (C=O) groups is 1. The average Bonchev–Trinajstić information content (AvgIpc) is 3.02. The first-order chi connectivity index (χ1) is 12.4. The van der Waals surface area contributed by atoms with E-state index in [4.69, 9.17) is 0 Å². The molecule has 1 saturated carbocycles. The molecule has 4 rings (SSSR count). The minimum Gasteiger partial charge on any atom is -0.342 e. The Kier molecular flexibility index (Phi) is 3.60. The molecule has 0 aromatic carbocycles. The molecule has 1 aromatic rings. The highest BCUT2D eigenvalue weighted by atomic mass is 16.2. The molecule has 1 amide bonds. The molecule has 2 heterocycles. The summed E-state index contributed by atoms with van der Waals surface area (Å²) in [5.41, 5.74) is 0.489. The summed E-state index contributed by atoms with van der Waals surface area (Å²) in [7, 11) is 0. The Morgan fingerprint density at radius 2 is 1.73 bits per heavy atom. The van der Waals surface area contributed by atoms with Crippen molar-refractivity contribution >= 4 is 5.91 Å². The lowest BCUT2D eigenvalue weighted by Gasteiger charge is -2.42. The van der Waals surface area contributed by atoms with E-state index in [1.54, 1.807) is 0 Å². The summed E-state index contributed by atoms with van der Waals surface area (Å²) in [4.78, 5) is 24.7. The van der Waals surface area contributed by atoms with Crippen LogP contribution in [0.3, 0.4) is 0 Å². The van der Waals surface area contributed by atoms with Crippen LogP contribution >= 0.6 is 0 Å². The molecule has 2 fully saturated rings. The molecule has 2 aliphatic carbocycles. The fourth-order valence-electron chi connectivity index (χ4n) is 5.37. The van der Waals surface area contributed by atoms with Gasteiger partial charge in [-0.05, 0) is 37.0 Å². The van der Waals surface area contributed by atoms with Crippen molar-refractivity contribution in [1.29, 1.82) is 10.5 Å². The van der Waals surface area contributed by atoms with Gasteiger partial charge in [0.2, 0.25) is 5.91 Å². The van der Waals surface area contributed by atoms with Gasteiger partial charge in [-0.25, -0.2) is 9.97 Å². The van der Waals surface area contributed by atoms with Crippen LogP contribution in [0.5, 0.6) is 0 Å². The Morgan fingerprint density at radius 1 is 1.12 bits per heavy atom. The normalized spacial score (nSPS) is 29.1. The van der Waals surface area contributed by atoms with Crippen LogP contribution in [0.4, 0.5) is 0 Å². The molecule has 2 atom stereocenters. The molecule has 134 valence electrons. The molecule has 0 radical (unpaired) electrons. The number of hydrogen-bond donors (Lipinski definition) is 0. The third-order valence-corrected chi connectivity index (χ3v) is 7.08. The Hall–Kier alpha value is -2.47. The van der Waals surface area contributed by atoms with Gasteiger partial charge in [-0.2, -0.15) is 10.5 Å². The lowest BCUT2D eigenvalue weighted by molar-refractivity contribution is -0.142. The van der Waals surface area contributed by atoms with Crippen molar-refractivity contribution in [3.63, 3.8) is 0 Å². The van der Waals surface area contributed by atoms with E-state index in [0.717, 1.165) is 44.5 Å². The third kappa shape index (κ3) is 1.93. The smallest absolute Gasteiger partial charge is 0.235 e. The first-order valence-corrected chi connectivity index (χ1v) is 9.38. The van der Waals surface area contributed by atoms with Crippen LogP contribution in [-0.2, 0) is 10.2 Å². The first kappa shape index (κ1) is 17.0. The second kappa shape index (κ2) is 5.51. The largest absolute Gasteiger partial charge is 0.342 e. The number of piperidine rings is 1. The number of rotatable bonds is 1. The van der Waals surface area contributed by atoms with Crippen molar-refractivity contribution in [3.05, 3.63) is 22.8 Å². The number of nitriles is 2. The maximum atomic E-state index is 13.7. The zero-order valence-electron chi connectivity index (χ0n) is 15.5. The zero-order chi connectivity index (χ0) is 18.7. The fraction of sp³-hybridized carbons (Fsp3) is 0.650. The molecular weight excluding hydrogens is 326 g/mol. The highest BCUT2D eigenvalue weighted by Gasteiger charge is 2.68. The van der Waals surface area contributed by atoms with E-state index < -0.39 is 5.41 Å². The number of carbonyl (C=O) groups excluding carboxylic acids is 1. The monoisotopic (exact) mass is 349 g/mol. The molecule has 1 aliphatic heterocycles. The van der Waals surface area contributed by atoms with E-state index >= 15 is 0 Å². The van der Waals surface area contributed by atoms with Crippen LogP contribution in [0.2, 0.25) is 0 Å². The van der Waals surface area contributed by atoms with Crippen molar-refractivity contribution in [2.75, 3.05) is 13.1 Å². The molecule has 2 bridgehead atoms. The van der Waals surface area contributed by atoms with Gasteiger partial charge in [-0.1, -0.05) is 20.8 Å². The summed E-state index contributed by atoms with van der Waals surface area (Å²) >= 11 is 0. The molecule has 6 heteroatoms. The van der Waals surface area contributed by atoms with E-state index in [1.165, 1.54) is 0 Å². The molecule has 26 heavy (non-hydrogen) atoms. The van der Waals surface area contributed by atoms with Gasteiger partial charge in [0, 0.05) is 19.0 Å². The second-order valence-corrected chi connectivity index (χ2v) is 8.57. The van der Waals surface area contributed by atoms with E-state index in [1.807, 2.05) is 17.0 Å². The molecule has 3 aliphatic rings. The number of fused-ring (bicyclic) bond motifs is 5. The van der Waals surface area contributed by atoms with Gasteiger partial charge in [0.1, 0.15) is 12.1 Å². The number of nitrogens with zero attached hydrogens (tertiary/aromatic N) is 5. The standard InChI is InChI=1S/C20H23N5O/c1-12-5-8-25(9-6-12)18(26)20-7-4-13(19(20,2)3)16-17(20)24-15(11-22)14(10-21)23-16/h12-13H,4-9H2,1-3H3. The maximum Gasteiger partial charge on any atom is 0.235 e. The Balaban J connectivity index is 1.85. The van der Waals surface area contributed by atoms with E-state index in [0.29, 0.717) is 11.6 Å². The molecule has 1 aromatic heterocycles. The summed E-state index contributed by atoms with van der Waals surface area (Å²) in [5.74, 6) is 0.899. The fourth-order valence-corrected chi connectivity index (χ4v) is 5.37. The van der Waals surface area contributed by atoms with Crippen molar-refractivity contribution in [3.8, 4) is 12.1 Å². The van der Waals surface area contributed by atoms with Crippen LogP contribution < -0.4 is 0 Å². The third-order valence-electron chi connectivity index (χ3n) is 7.08. The van der Waals surface area contributed by atoms with Crippen molar-refractivity contribution < 1.29 is 4.79 Å². The number of hydrogen-bond acceptors (Lipinski definition) is 5. The van der Waals surface area contributed by atoms with Gasteiger partial charge in [0.05, 0.1) is 16.8 Å². The molecule has 2 unspecified atom stereocenters. The molecular formula is C20H23N5O. The van der Waals surface area contributed by atoms with E-state index in [2.05, 4.69) is 30.7 Å². The Bertz CT molecular complexity index is 869. The number of aromatic nitrogens is 2. The van der Waals surface area contributed by atoms with Crippen LogP contribution in [0.15, 0.2) is 0 Å². The molecule has 0 N–H and O–H groups in total. The topological polar surface area (TPSA) is 93.7 Å². The molecule has 6 nitrogen and oxygen atoms in total. The first-order valence-electron chi connectivity index (χ1n) is 9.38. The summed E-state index contributed by atoms with van der Waals surface area (Å²) < 4.78 is 0. The average molecular weight is 349 g/mol. The van der Waals surface area contributed by atoms with Crippen LogP contribution in [-0.4, -0.2) is 33.9 Å². The summed E-state index contributed by atoms with van der Waals surface area (Å²) in [6.45, 7) is 8.04. The minimum atomic E-state index is -0.722. The van der Waals surface area contributed by atoms with Crippen LogP contribution in [0.25, 0.3) is 0 Å². The number of likely N-dealkylation sites (tertiary alicyclic amines) is 1.